The number of nitrogens with two attached hydrogens (primary N) is 1. The number of nitrogens with zero attached hydrogens (tertiary/aromatic N) is 3. The van der Waals surface area contributed by atoms with Crippen molar-refractivity contribution in [3.8, 4) is 0 Å². The third-order valence-corrected chi connectivity index (χ3v) is 4.34. The van der Waals surface area contributed by atoms with Gasteiger partial charge < -0.3 is 10.2 Å². The molecule has 1 aliphatic rings. The van der Waals surface area contributed by atoms with Crippen LogP contribution in [0.1, 0.15) is 24.1 Å². The SMILES string of the molecule is C.NNC(=O)Cc1ccc(CCc2cnc(N3CCNCC3)nc2)cc1. The number of amides is 1. The quantitative estimate of drug-likeness (QED) is 0.403. The Bertz CT molecular complexity index is 680. The summed E-state index contributed by atoms with van der Waals surface area (Å²) in [5.41, 5.74) is 5.45. The maximum absolute atomic E-state index is 11.3. The molecule has 7 heteroatoms. The standard InChI is InChI=1S/C18H24N6O.CH4/c19-23-17(25)11-15-4-1-14(2-5-15)3-6-16-12-21-18(22-13-16)24-9-7-20-8-10-24;/h1-2,4-5,12-13,20H,3,6-11,19H2,(H,23,25);1H4. The van der Waals surface area contributed by atoms with E-state index in [1.165, 1.54) is 5.56 Å². The Morgan fingerprint density at radius 1 is 1.04 bits per heavy atom. The number of hydrogen-bond acceptors (Lipinski definition) is 6. The summed E-state index contributed by atoms with van der Waals surface area (Å²) in [7, 11) is 0. The molecule has 1 aliphatic heterocycles. The van der Waals surface area contributed by atoms with Crippen LogP contribution in [0, 0.1) is 0 Å². The zero-order valence-electron chi connectivity index (χ0n) is 14.2. The summed E-state index contributed by atoms with van der Waals surface area (Å²) in [4.78, 5) is 22.5. The van der Waals surface area contributed by atoms with Gasteiger partial charge in [-0.2, -0.15) is 0 Å². The maximum atomic E-state index is 11.3. The number of hydrazine groups is 1. The number of nitrogens with one attached hydrogen (secondary N) is 2. The molecule has 26 heavy (non-hydrogen) atoms. The third-order valence-electron chi connectivity index (χ3n) is 4.34. The van der Waals surface area contributed by atoms with Crippen LogP contribution in [0.5, 0.6) is 0 Å². The molecular formula is C19H28N6O. The minimum atomic E-state index is -0.186. The van der Waals surface area contributed by atoms with Gasteiger partial charge >= 0.3 is 0 Å². The highest BCUT2D eigenvalue weighted by Gasteiger charge is 2.12. The molecule has 0 unspecified atom stereocenters. The van der Waals surface area contributed by atoms with E-state index in [9.17, 15) is 4.79 Å². The average molecular weight is 356 g/mol. The van der Waals surface area contributed by atoms with Gasteiger partial charge in [0.15, 0.2) is 0 Å². The van der Waals surface area contributed by atoms with Gasteiger partial charge in [-0.3, -0.25) is 10.2 Å². The number of hydrogen-bond donors (Lipinski definition) is 3. The Kier molecular flexibility index (Phi) is 7.50. The molecule has 7 nitrogen and oxygen atoms in total. The van der Waals surface area contributed by atoms with Crippen LogP contribution in [-0.2, 0) is 24.1 Å². The third kappa shape index (κ3) is 5.50. The molecule has 1 fully saturated rings. The molecule has 0 aliphatic carbocycles. The summed E-state index contributed by atoms with van der Waals surface area (Å²) in [6.45, 7) is 3.86. The molecule has 2 aromatic rings. The summed E-state index contributed by atoms with van der Waals surface area (Å²) < 4.78 is 0. The second-order valence-electron chi connectivity index (χ2n) is 6.19. The van der Waals surface area contributed by atoms with Crippen LogP contribution in [-0.4, -0.2) is 42.1 Å². The first kappa shape index (κ1) is 19.8. The predicted molar refractivity (Wildman–Crippen MR) is 104 cm³/mol. The Labute approximate surface area is 155 Å². The van der Waals surface area contributed by atoms with E-state index in [0.29, 0.717) is 6.42 Å². The predicted octanol–water partition coefficient (Wildman–Crippen LogP) is 0.840. The molecule has 0 atom stereocenters. The second-order valence-corrected chi connectivity index (χ2v) is 6.19. The van der Waals surface area contributed by atoms with Crippen molar-refractivity contribution in [3.05, 3.63) is 53.3 Å². The highest BCUT2D eigenvalue weighted by Crippen LogP contribution is 2.11. The van der Waals surface area contributed by atoms with Gasteiger partial charge in [-0.1, -0.05) is 31.7 Å². The van der Waals surface area contributed by atoms with Crippen molar-refractivity contribution >= 4 is 11.9 Å². The molecule has 1 saturated heterocycles. The largest absolute Gasteiger partial charge is 0.338 e. The van der Waals surface area contributed by atoms with Gasteiger partial charge in [0.1, 0.15) is 0 Å². The van der Waals surface area contributed by atoms with Crippen molar-refractivity contribution in [2.24, 2.45) is 5.84 Å². The molecular weight excluding hydrogens is 328 g/mol. The van der Waals surface area contributed by atoms with Crippen LogP contribution in [0.4, 0.5) is 5.95 Å². The lowest BCUT2D eigenvalue weighted by Crippen LogP contribution is -2.44. The minimum Gasteiger partial charge on any atom is -0.338 e. The number of anilines is 1. The summed E-state index contributed by atoms with van der Waals surface area (Å²) in [5, 5.41) is 3.33. The average Bonchev–Trinajstić information content (AvgIpc) is 2.68. The first-order valence-electron chi connectivity index (χ1n) is 8.58. The highest BCUT2D eigenvalue weighted by atomic mass is 16.2. The zero-order valence-corrected chi connectivity index (χ0v) is 14.2. The number of benzene rings is 1. The fourth-order valence-corrected chi connectivity index (χ4v) is 2.85. The van der Waals surface area contributed by atoms with E-state index in [1.54, 1.807) is 0 Å². The van der Waals surface area contributed by atoms with Crippen molar-refractivity contribution in [1.29, 1.82) is 0 Å². The molecule has 140 valence electrons. The van der Waals surface area contributed by atoms with Crippen molar-refractivity contribution in [2.45, 2.75) is 26.7 Å². The fraction of sp³-hybridized carbons (Fsp3) is 0.421. The van der Waals surface area contributed by atoms with E-state index in [0.717, 1.165) is 56.1 Å². The van der Waals surface area contributed by atoms with Gasteiger partial charge in [0.25, 0.3) is 0 Å². The lowest BCUT2D eigenvalue weighted by Gasteiger charge is -2.27. The Hall–Kier alpha value is -2.51. The second kappa shape index (κ2) is 9.84. The zero-order chi connectivity index (χ0) is 17.5. The lowest BCUT2D eigenvalue weighted by atomic mass is 10.0. The molecule has 0 spiro atoms. The van der Waals surface area contributed by atoms with Gasteiger partial charge in [0, 0.05) is 38.6 Å². The van der Waals surface area contributed by atoms with Gasteiger partial charge in [0.2, 0.25) is 11.9 Å². The lowest BCUT2D eigenvalue weighted by molar-refractivity contribution is -0.120. The molecule has 1 amide bonds. The van der Waals surface area contributed by atoms with Crippen LogP contribution in [0.15, 0.2) is 36.7 Å². The number of aromatic nitrogens is 2. The highest BCUT2D eigenvalue weighted by molar-refractivity contribution is 5.77. The summed E-state index contributed by atoms with van der Waals surface area (Å²) in [6.07, 6.45) is 5.96. The number of piperazine rings is 1. The summed E-state index contributed by atoms with van der Waals surface area (Å²) >= 11 is 0. The number of rotatable bonds is 6. The van der Waals surface area contributed by atoms with Crippen LogP contribution < -0.4 is 21.5 Å². The summed E-state index contributed by atoms with van der Waals surface area (Å²) in [6, 6.07) is 8.04. The molecule has 1 aromatic carbocycles. The van der Waals surface area contributed by atoms with E-state index in [-0.39, 0.29) is 13.3 Å². The topological polar surface area (TPSA) is 96.2 Å². The molecule has 0 radical (unpaired) electrons. The van der Waals surface area contributed by atoms with Gasteiger partial charge in [-0.05, 0) is 29.5 Å². The van der Waals surface area contributed by atoms with Gasteiger partial charge in [0.05, 0.1) is 6.42 Å². The Balaban J connectivity index is 0.00000243. The molecule has 3 rings (SSSR count). The first-order valence-corrected chi connectivity index (χ1v) is 8.58. The minimum absolute atomic E-state index is 0. The van der Waals surface area contributed by atoms with Crippen molar-refractivity contribution in [1.82, 2.24) is 20.7 Å². The smallest absolute Gasteiger partial charge is 0.238 e. The van der Waals surface area contributed by atoms with Crippen LogP contribution >= 0.6 is 0 Å². The van der Waals surface area contributed by atoms with E-state index in [4.69, 9.17) is 5.84 Å². The molecule has 2 heterocycles. The normalized spacial score (nSPS) is 13.8. The van der Waals surface area contributed by atoms with Crippen molar-refractivity contribution < 1.29 is 4.79 Å². The van der Waals surface area contributed by atoms with Gasteiger partial charge in [-0.25, -0.2) is 15.8 Å². The monoisotopic (exact) mass is 356 g/mol. The van der Waals surface area contributed by atoms with E-state index in [1.807, 2.05) is 24.5 Å². The Morgan fingerprint density at radius 2 is 1.62 bits per heavy atom. The van der Waals surface area contributed by atoms with Crippen molar-refractivity contribution in [3.63, 3.8) is 0 Å². The molecule has 1 aromatic heterocycles. The van der Waals surface area contributed by atoms with Crippen LogP contribution in [0.2, 0.25) is 0 Å². The van der Waals surface area contributed by atoms with Crippen LogP contribution in [0.3, 0.4) is 0 Å². The molecule has 4 N–H and O–H groups in total. The van der Waals surface area contributed by atoms with E-state index < -0.39 is 0 Å². The number of carbonyl (C=O) groups excluding carboxylic acids is 1. The van der Waals surface area contributed by atoms with Crippen molar-refractivity contribution in [2.75, 3.05) is 31.1 Å². The molecule has 0 bridgehead atoms. The Morgan fingerprint density at radius 3 is 2.23 bits per heavy atom. The van der Waals surface area contributed by atoms with E-state index >= 15 is 0 Å². The number of carbonyl (C=O) groups is 1. The van der Waals surface area contributed by atoms with Crippen LogP contribution in [0.25, 0.3) is 0 Å². The maximum Gasteiger partial charge on any atom is 0.238 e. The fourth-order valence-electron chi connectivity index (χ4n) is 2.85. The van der Waals surface area contributed by atoms with Gasteiger partial charge in [-0.15, -0.1) is 0 Å². The van der Waals surface area contributed by atoms with E-state index in [2.05, 4.69) is 37.7 Å². The number of aryl methyl sites for hydroxylation is 2. The first-order chi connectivity index (χ1) is 12.2. The molecule has 0 saturated carbocycles. The summed E-state index contributed by atoms with van der Waals surface area (Å²) in [5.74, 6) is 5.73.